The highest BCUT2D eigenvalue weighted by molar-refractivity contribution is 6.36. The number of rotatable bonds is 3. The topological polar surface area (TPSA) is 22.1 Å². The molecule has 0 fully saturated rings. The average Bonchev–Trinajstić information content (AvgIpc) is 2.16. The van der Waals surface area contributed by atoms with Gasteiger partial charge in [-0.3, -0.25) is 0 Å². The van der Waals surface area contributed by atoms with E-state index in [1.807, 2.05) is 0 Å². The van der Waals surface area contributed by atoms with Crippen LogP contribution in [-0.2, 0) is 0 Å². The molecule has 1 aromatic rings. The molecule has 0 unspecified atom stereocenters. The summed E-state index contributed by atoms with van der Waals surface area (Å²) in [7, 11) is 0. The molecule has 0 amide bonds. The number of ether oxygens (including phenoxy) is 1. The molecule has 1 aromatic heterocycles. The lowest BCUT2D eigenvalue weighted by atomic mass is 10.5. The first kappa shape index (κ1) is 10.6. The summed E-state index contributed by atoms with van der Waals surface area (Å²) in [6.45, 7) is 0.191. The van der Waals surface area contributed by atoms with Crippen LogP contribution >= 0.6 is 34.8 Å². The van der Waals surface area contributed by atoms with Gasteiger partial charge in [-0.15, -0.1) is 0 Å². The molecule has 0 bridgehead atoms. The van der Waals surface area contributed by atoms with Gasteiger partial charge < -0.3 is 4.74 Å². The van der Waals surface area contributed by atoms with E-state index >= 15 is 0 Å². The van der Waals surface area contributed by atoms with Crippen molar-refractivity contribution < 1.29 is 4.74 Å². The maximum Gasteiger partial charge on any atom is 0.171 e. The second-order valence-electron chi connectivity index (χ2n) is 2.14. The van der Waals surface area contributed by atoms with Crippen molar-refractivity contribution in [2.24, 2.45) is 0 Å². The maximum absolute atomic E-state index is 5.72. The number of pyridine rings is 1. The number of hydrogen-bond acceptors (Lipinski definition) is 2. The molecule has 0 spiro atoms. The zero-order chi connectivity index (χ0) is 9.68. The fourth-order valence-electron chi connectivity index (χ4n) is 0.657. The van der Waals surface area contributed by atoms with Crippen molar-refractivity contribution in [1.29, 1.82) is 0 Å². The number of halogens is 3. The summed E-state index contributed by atoms with van der Waals surface area (Å²) in [5.74, 6) is 0.487. The molecule has 0 aliphatic heterocycles. The zero-order valence-electron chi connectivity index (χ0n) is 6.51. The van der Waals surface area contributed by atoms with Crippen LogP contribution < -0.4 is 4.74 Å². The van der Waals surface area contributed by atoms with Gasteiger partial charge in [-0.1, -0.05) is 34.8 Å². The second-order valence-corrected chi connectivity index (χ2v) is 3.20. The van der Waals surface area contributed by atoms with Crippen LogP contribution in [0, 0.1) is 0 Å². The van der Waals surface area contributed by atoms with Gasteiger partial charge in [0, 0.05) is 11.7 Å². The smallest absolute Gasteiger partial charge is 0.171 e. The van der Waals surface area contributed by atoms with E-state index in [-0.39, 0.29) is 6.61 Å². The Morgan fingerprint density at radius 1 is 1.62 bits per heavy atom. The van der Waals surface area contributed by atoms with E-state index in [0.717, 1.165) is 0 Å². The lowest BCUT2D eigenvalue weighted by molar-refractivity contribution is 0.358. The predicted molar refractivity (Wildman–Crippen MR) is 54.5 cm³/mol. The average molecular weight is 239 g/mol. The molecule has 0 aliphatic carbocycles. The number of aromatic nitrogens is 1. The van der Waals surface area contributed by atoms with Gasteiger partial charge in [0.05, 0.1) is 5.03 Å². The van der Waals surface area contributed by atoms with Crippen LogP contribution in [0.1, 0.15) is 0 Å². The first-order valence-corrected chi connectivity index (χ1v) is 4.61. The molecule has 0 saturated heterocycles. The Labute approximate surface area is 91.1 Å². The van der Waals surface area contributed by atoms with Crippen LogP contribution in [0.2, 0.25) is 5.15 Å². The number of nitrogens with zero attached hydrogens (tertiary/aromatic N) is 1. The van der Waals surface area contributed by atoms with Crippen LogP contribution in [-0.4, -0.2) is 11.6 Å². The molecule has 0 aliphatic rings. The van der Waals surface area contributed by atoms with Crippen molar-refractivity contribution in [1.82, 2.24) is 4.98 Å². The summed E-state index contributed by atoms with van der Waals surface area (Å²) in [5.41, 5.74) is 1.24. The van der Waals surface area contributed by atoms with Gasteiger partial charge in [0.2, 0.25) is 0 Å². The van der Waals surface area contributed by atoms with Crippen LogP contribution in [0.25, 0.3) is 0 Å². The minimum atomic E-state index is 0.191. The molecule has 0 saturated carbocycles. The van der Waals surface area contributed by atoms with Crippen molar-refractivity contribution in [3.8, 4) is 5.75 Å². The second kappa shape index (κ2) is 5.32. The fourth-order valence-corrected chi connectivity index (χ4v) is 0.949. The van der Waals surface area contributed by atoms with Crippen LogP contribution in [0.4, 0.5) is 0 Å². The highest BCUT2D eigenvalue weighted by Gasteiger charge is 2.01. The third-order valence-corrected chi connectivity index (χ3v) is 2.09. The Balaban J connectivity index is 2.60. The summed E-state index contributed by atoms with van der Waals surface area (Å²) in [6.07, 6.45) is 1.58. The van der Waals surface area contributed by atoms with Gasteiger partial charge >= 0.3 is 0 Å². The molecule has 0 aromatic carbocycles. The summed E-state index contributed by atoms with van der Waals surface area (Å²) < 4.78 is 5.21. The van der Waals surface area contributed by atoms with Crippen molar-refractivity contribution in [2.75, 3.05) is 6.61 Å². The molecular formula is C8H6Cl3NO. The third-order valence-electron chi connectivity index (χ3n) is 1.21. The molecule has 0 N–H and O–H groups in total. The Bertz CT molecular complexity index is 314. The lowest BCUT2D eigenvalue weighted by Gasteiger charge is -2.04. The van der Waals surface area contributed by atoms with E-state index in [2.05, 4.69) is 4.98 Å². The zero-order valence-corrected chi connectivity index (χ0v) is 8.77. The van der Waals surface area contributed by atoms with Crippen molar-refractivity contribution >= 4 is 34.8 Å². The van der Waals surface area contributed by atoms with E-state index in [1.54, 1.807) is 18.3 Å². The molecule has 13 heavy (non-hydrogen) atoms. The number of hydrogen-bond donors (Lipinski definition) is 0. The molecule has 0 atom stereocenters. The first-order chi connectivity index (χ1) is 6.24. The van der Waals surface area contributed by atoms with E-state index < -0.39 is 0 Å². The molecule has 5 heteroatoms. The van der Waals surface area contributed by atoms with Gasteiger partial charge in [0.1, 0.15) is 6.61 Å². The Hall–Kier alpha value is -0.440. The predicted octanol–water partition coefficient (Wildman–Crippen LogP) is 3.43. The summed E-state index contributed by atoms with van der Waals surface area (Å²) in [5, 5.41) is 0.711. The minimum Gasteiger partial charge on any atom is -0.485 e. The molecule has 70 valence electrons. The fraction of sp³-hybridized carbons (Fsp3) is 0.125. The molecule has 0 radical (unpaired) electrons. The maximum atomic E-state index is 5.72. The van der Waals surface area contributed by atoms with Crippen LogP contribution in [0.3, 0.4) is 0 Å². The summed E-state index contributed by atoms with van der Waals surface area (Å²) in [6, 6.07) is 3.42. The molecule has 1 heterocycles. The van der Waals surface area contributed by atoms with Gasteiger partial charge in [-0.2, -0.15) is 0 Å². The Morgan fingerprint density at radius 3 is 3.00 bits per heavy atom. The summed E-state index contributed by atoms with van der Waals surface area (Å²) >= 11 is 16.7. The van der Waals surface area contributed by atoms with Crippen LogP contribution in [0.5, 0.6) is 5.75 Å². The molecule has 2 nitrogen and oxygen atoms in total. The van der Waals surface area contributed by atoms with E-state index in [0.29, 0.717) is 15.9 Å². The van der Waals surface area contributed by atoms with Gasteiger partial charge in [-0.25, -0.2) is 4.98 Å². The van der Waals surface area contributed by atoms with E-state index in [9.17, 15) is 0 Å². The lowest BCUT2D eigenvalue weighted by Crippen LogP contribution is -1.97. The standard InChI is InChI=1S/C8H6Cl3NO/c9-4-6(10)5-13-7-2-1-3-12-8(7)11/h1-4H,5H2. The SMILES string of the molecule is ClC=C(Cl)COc1cccnc1Cl. The molecular weight excluding hydrogens is 232 g/mol. The van der Waals surface area contributed by atoms with Gasteiger partial charge in [-0.05, 0) is 12.1 Å². The quantitative estimate of drug-likeness (QED) is 0.753. The van der Waals surface area contributed by atoms with Gasteiger partial charge in [0.25, 0.3) is 0 Å². The Morgan fingerprint density at radius 2 is 2.38 bits per heavy atom. The largest absolute Gasteiger partial charge is 0.485 e. The highest BCUT2D eigenvalue weighted by atomic mass is 35.5. The minimum absolute atomic E-state index is 0.191. The van der Waals surface area contributed by atoms with Crippen molar-refractivity contribution in [3.05, 3.63) is 34.1 Å². The van der Waals surface area contributed by atoms with Crippen molar-refractivity contribution in [2.45, 2.75) is 0 Å². The van der Waals surface area contributed by atoms with Crippen LogP contribution in [0.15, 0.2) is 28.9 Å². The summed E-state index contributed by atoms with van der Waals surface area (Å²) in [4.78, 5) is 3.83. The monoisotopic (exact) mass is 237 g/mol. The Kier molecular flexibility index (Phi) is 4.36. The normalized spacial score (nSPS) is 11.5. The molecule has 1 rings (SSSR count). The van der Waals surface area contributed by atoms with E-state index in [1.165, 1.54) is 5.54 Å². The highest BCUT2D eigenvalue weighted by Crippen LogP contribution is 2.21. The van der Waals surface area contributed by atoms with Gasteiger partial charge in [0.15, 0.2) is 10.9 Å². The first-order valence-electron chi connectivity index (χ1n) is 3.42. The van der Waals surface area contributed by atoms with E-state index in [4.69, 9.17) is 39.5 Å². The van der Waals surface area contributed by atoms with Crippen molar-refractivity contribution in [3.63, 3.8) is 0 Å². The third kappa shape index (κ3) is 3.43.